The summed E-state index contributed by atoms with van der Waals surface area (Å²) in [7, 11) is 1.83. The number of aromatic nitrogens is 1. The predicted molar refractivity (Wildman–Crippen MR) is 87.9 cm³/mol. The second kappa shape index (κ2) is 5.95. The molecule has 2 heterocycles. The number of halogens is 1. The third kappa shape index (κ3) is 2.97. The van der Waals surface area contributed by atoms with Crippen molar-refractivity contribution < 1.29 is 4.79 Å². The fraction of sp³-hybridized carbons (Fsp3) is 0.429. The van der Waals surface area contributed by atoms with Gasteiger partial charge in [-0.2, -0.15) is 0 Å². The molecule has 0 saturated carbocycles. The average molecular weight is 371 g/mol. The summed E-state index contributed by atoms with van der Waals surface area (Å²) in [6.45, 7) is 0. The van der Waals surface area contributed by atoms with Crippen molar-refractivity contribution in [1.29, 1.82) is 0 Å². The lowest BCUT2D eigenvalue weighted by Gasteiger charge is -2.12. The number of hydrogen-bond donors (Lipinski definition) is 0. The quantitative estimate of drug-likeness (QED) is 0.816. The first-order chi connectivity index (χ1) is 9.63. The zero-order valence-corrected chi connectivity index (χ0v) is 14.4. The highest BCUT2D eigenvalue weighted by Crippen LogP contribution is 2.31. The van der Waals surface area contributed by atoms with Crippen molar-refractivity contribution >= 4 is 49.6 Å². The van der Waals surface area contributed by atoms with E-state index in [1.807, 2.05) is 19.2 Å². The van der Waals surface area contributed by atoms with Crippen molar-refractivity contribution in [2.45, 2.75) is 32.1 Å². The van der Waals surface area contributed by atoms with Crippen LogP contribution < -0.4 is 4.90 Å². The van der Waals surface area contributed by atoms with Gasteiger partial charge in [-0.25, -0.2) is 4.98 Å². The highest BCUT2D eigenvalue weighted by molar-refractivity contribution is 9.11. The van der Waals surface area contributed by atoms with Crippen LogP contribution in [0.25, 0.3) is 0 Å². The molecule has 0 fully saturated rings. The van der Waals surface area contributed by atoms with Crippen LogP contribution in [0.3, 0.4) is 0 Å². The molecule has 0 saturated heterocycles. The number of carbonyl (C=O) groups excluding carboxylic acids is 1. The molecule has 0 bridgehead atoms. The highest BCUT2D eigenvalue weighted by Gasteiger charge is 2.20. The number of thiazole rings is 1. The molecule has 20 heavy (non-hydrogen) atoms. The Bertz CT molecular complexity index is 611. The largest absolute Gasteiger partial charge is 0.291 e. The summed E-state index contributed by atoms with van der Waals surface area (Å²) in [6.07, 6.45) is 5.09. The molecule has 0 N–H and O–H groups in total. The van der Waals surface area contributed by atoms with E-state index >= 15 is 0 Å². The Kier molecular flexibility index (Phi) is 4.23. The van der Waals surface area contributed by atoms with Gasteiger partial charge >= 0.3 is 0 Å². The SMILES string of the molecule is CN(C(=O)Cc1ccc(Br)s1)c1nc2c(s1)CCCC2. The standard InChI is InChI=1S/C14H15BrN2OS2/c1-17(13(18)8-9-6-7-12(15)19-9)14-16-10-4-2-3-5-11(10)20-14/h6-7H,2-5,8H2,1H3. The van der Waals surface area contributed by atoms with Crippen LogP contribution in [0.5, 0.6) is 0 Å². The van der Waals surface area contributed by atoms with E-state index in [-0.39, 0.29) is 5.91 Å². The van der Waals surface area contributed by atoms with Crippen molar-refractivity contribution in [3.05, 3.63) is 31.4 Å². The summed E-state index contributed by atoms with van der Waals surface area (Å²) >= 11 is 6.71. The molecular weight excluding hydrogens is 356 g/mol. The van der Waals surface area contributed by atoms with Crippen LogP contribution in [-0.4, -0.2) is 17.9 Å². The number of amides is 1. The number of likely N-dealkylation sites (N-methyl/N-ethyl adjacent to an activating group) is 1. The minimum atomic E-state index is 0.102. The normalized spacial score (nSPS) is 14.1. The summed E-state index contributed by atoms with van der Waals surface area (Å²) in [5.41, 5.74) is 1.20. The van der Waals surface area contributed by atoms with Crippen molar-refractivity contribution in [2.75, 3.05) is 11.9 Å². The number of aryl methyl sites for hydroxylation is 2. The molecule has 0 radical (unpaired) electrons. The number of hydrogen-bond acceptors (Lipinski definition) is 4. The Hall–Kier alpha value is -0.720. The summed E-state index contributed by atoms with van der Waals surface area (Å²) in [5.74, 6) is 0.102. The van der Waals surface area contributed by atoms with Crippen LogP contribution >= 0.6 is 38.6 Å². The van der Waals surface area contributed by atoms with Gasteiger partial charge in [-0.05, 0) is 53.7 Å². The Morgan fingerprint density at radius 2 is 2.15 bits per heavy atom. The minimum absolute atomic E-state index is 0.102. The first kappa shape index (κ1) is 14.2. The van der Waals surface area contributed by atoms with Crippen molar-refractivity contribution in [3.63, 3.8) is 0 Å². The molecular formula is C14H15BrN2OS2. The molecule has 2 aromatic rings. The Labute approximate surface area is 134 Å². The van der Waals surface area contributed by atoms with Gasteiger partial charge in [0.2, 0.25) is 5.91 Å². The van der Waals surface area contributed by atoms with E-state index in [2.05, 4.69) is 20.9 Å². The van der Waals surface area contributed by atoms with E-state index < -0.39 is 0 Å². The van der Waals surface area contributed by atoms with Gasteiger partial charge in [0.05, 0.1) is 15.9 Å². The fourth-order valence-electron chi connectivity index (χ4n) is 2.30. The monoisotopic (exact) mass is 370 g/mol. The summed E-state index contributed by atoms with van der Waals surface area (Å²) in [4.78, 5) is 21.1. The van der Waals surface area contributed by atoms with Crippen LogP contribution in [0, 0.1) is 0 Å². The molecule has 0 spiro atoms. The molecule has 0 unspecified atom stereocenters. The molecule has 1 amide bonds. The molecule has 0 aromatic carbocycles. The Morgan fingerprint density at radius 1 is 1.35 bits per heavy atom. The topological polar surface area (TPSA) is 33.2 Å². The summed E-state index contributed by atoms with van der Waals surface area (Å²) < 4.78 is 1.06. The molecule has 2 aromatic heterocycles. The van der Waals surface area contributed by atoms with Gasteiger partial charge in [0.1, 0.15) is 0 Å². The maximum atomic E-state index is 12.3. The third-order valence-corrected chi connectivity index (χ3v) is 6.31. The van der Waals surface area contributed by atoms with E-state index in [0.29, 0.717) is 6.42 Å². The van der Waals surface area contributed by atoms with Gasteiger partial charge in [-0.15, -0.1) is 22.7 Å². The van der Waals surface area contributed by atoms with Gasteiger partial charge in [0.25, 0.3) is 0 Å². The lowest BCUT2D eigenvalue weighted by molar-refractivity contribution is -0.117. The zero-order chi connectivity index (χ0) is 14.1. The van der Waals surface area contributed by atoms with Crippen LogP contribution in [0.1, 0.15) is 28.3 Å². The highest BCUT2D eigenvalue weighted by atomic mass is 79.9. The number of thiophene rings is 1. The fourth-order valence-corrected chi connectivity index (χ4v) is 4.90. The molecule has 3 rings (SSSR count). The van der Waals surface area contributed by atoms with Gasteiger partial charge in [0.15, 0.2) is 5.13 Å². The van der Waals surface area contributed by atoms with E-state index in [4.69, 9.17) is 0 Å². The van der Waals surface area contributed by atoms with Crippen molar-refractivity contribution in [1.82, 2.24) is 4.98 Å². The third-order valence-electron chi connectivity index (χ3n) is 3.45. The van der Waals surface area contributed by atoms with Crippen LogP contribution in [0.2, 0.25) is 0 Å². The molecule has 6 heteroatoms. The van der Waals surface area contributed by atoms with Crippen molar-refractivity contribution in [3.8, 4) is 0 Å². The van der Waals surface area contributed by atoms with Gasteiger partial charge in [-0.3, -0.25) is 9.69 Å². The van der Waals surface area contributed by atoms with Gasteiger partial charge in [-0.1, -0.05) is 0 Å². The maximum absolute atomic E-state index is 12.3. The predicted octanol–water partition coefficient (Wildman–Crippen LogP) is 4.05. The molecule has 1 aliphatic rings. The van der Waals surface area contributed by atoms with E-state index in [0.717, 1.165) is 26.6 Å². The maximum Gasteiger partial charge on any atom is 0.233 e. The lowest BCUT2D eigenvalue weighted by Crippen LogP contribution is -2.27. The van der Waals surface area contributed by atoms with Crippen LogP contribution in [0.15, 0.2) is 15.9 Å². The van der Waals surface area contributed by atoms with E-state index in [1.165, 1.54) is 23.4 Å². The number of nitrogens with zero attached hydrogens (tertiary/aromatic N) is 2. The number of rotatable bonds is 3. The summed E-state index contributed by atoms with van der Waals surface area (Å²) in [5, 5.41) is 0.845. The molecule has 0 atom stereocenters. The van der Waals surface area contributed by atoms with Crippen LogP contribution in [0.4, 0.5) is 5.13 Å². The molecule has 0 aliphatic heterocycles. The van der Waals surface area contributed by atoms with Crippen LogP contribution in [-0.2, 0) is 24.1 Å². The Balaban J connectivity index is 1.73. The second-order valence-electron chi connectivity index (χ2n) is 4.91. The Morgan fingerprint density at radius 3 is 2.85 bits per heavy atom. The van der Waals surface area contributed by atoms with Gasteiger partial charge in [0, 0.05) is 16.8 Å². The second-order valence-corrected chi connectivity index (χ2v) is 8.52. The number of fused-ring (bicyclic) bond motifs is 1. The molecule has 106 valence electrons. The average Bonchev–Trinajstić information content (AvgIpc) is 3.03. The smallest absolute Gasteiger partial charge is 0.233 e. The minimum Gasteiger partial charge on any atom is -0.291 e. The zero-order valence-electron chi connectivity index (χ0n) is 11.2. The van der Waals surface area contributed by atoms with E-state index in [9.17, 15) is 4.79 Å². The first-order valence-electron chi connectivity index (χ1n) is 6.63. The lowest BCUT2D eigenvalue weighted by atomic mass is 10.0. The number of anilines is 1. The number of carbonyl (C=O) groups is 1. The first-order valence-corrected chi connectivity index (χ1v) is 9.05. The summed E-state index contributed by atoms with van der Waals surface area (Å²) in [6, 6.07) is 3.97. The van der Waals surface area contributed by atoms with Gasteiger partial charge < -0.3 is 0 Å². The van der Waals surface area contributed by atoms with Crippen molar-refractivity contribution in [2.24, 2.45) is 0 Å². The molecule has 1 aliphatic carbocycles. The van der Waals surface area contributed by atoms with E-state index in [1.54, 1.807) is 27.6 Å². The molecule has 3 nitrogen and oxygen atoms in total.